The Morgan fingerprint density at radius 2 is 1.62 bits per heavy atom. The number of para-hydroxylation sites is 1. The van der Waals surface area contributed by atoms with Crippen molar-refractivity contribution in [2.24, 2.45) is 5.73 Å². The Balaban J connectivity index is 1.74. The molecule has 3 rings (SSSR count). The molecule has 0 saturated heterocycles. The molecule has 0 amide bonds. The van der Waals surface area contributed by atoms with Gasteiger partial charge in [-0.1, -0.05) is 18.2 Å². The predicted octanol–water partition coefficient (Wildman–Crippen LogP) is 3.30. The molecule has 0 radical (unpaired) electrons. The Morgan fingerprint density at radius 1 is 0.905 bits per heavy atom. The molecule has 0 unspecified atom stereocenters. The van der Waals surface area contributed by atoms with E-state index in [9.17, 15) is 0 Å². The van der Waals surface area contributed by atoms with Crippen LogP contribution in [0.5, 0.6) is 11.5 Å². The molecule has 0 aliphatic carbocycles. The van der Waals surface area contributed by atoms with Crippen LogP contribution in [-0.4, -0.2) is 16.3 Å². The third-order valence-corrected chi connectivity index (χ3v) is 3.13. The summed E-state index contributed by atoms with van der Waals surface area (Å²) in [5.41, 5.74) is 7.53. The third kappa shape index (κ3) is 3.30. The highest BCUT2D eigenvalue weighted by molar-refractivity contribution is 5.59. The van der Waals surface area contributed by atoms with Crippen LogP contribution in [0.2, 0.25) is 0 Å². The van der Waals surface area contributed by atoms with Crippen LogP contribution >= 0.6 is 0 Å². The minimum absolute atomic E-state index is 0.588. The minimum Gasteiger partial charge on any atom is -0.457 e. The molecule has 0 aliphatic rings. The molecule has 4 heteroatoms. The van der Waals surface area contributed by atoms with E-state index in [0.29, 0.717) is 6.54 Å². The minimum atomic E-state index is 0.588. The maximum absolute atomic E-state index is 5.77. The van der Waals surface area contributed by atoms with Crippen LogP contribution < -0.4 is 10.5 Å². The monoisotopic (exact) mass is 279 g/mol. The van der Waals surface area contributed by atoms with E-state index >= 15 is 0 Å². The second-order valence-corrected chi connectivity index (χ2v) is 4.69. The lowest BCUT2D eigenvalue weighted by Crippen LogP contribution is -2.09. The van der Waals surface area contributed by atoms with Crippen molar-refractivity contribution in [3.63, 3.8) is 0 Å². The molecule has 106 valence electrons. The maximum Gasteiger partial charge on any atom is 0.127 e. The second-order valence-electron chi connectivity index (χ2n) is 4.69. The molecule has 21 heavy (non-hydrogen) atoms. The van der Waals surface area contributed by atoms with Gasteiger partial charge in [-0.05, 0) is 42.5 Å². The zero-order chi connectivity index (χ0) is 14.5. The van der Waals surface area contributed by atoms with E-state index in [0.717, 1.165) is 29.3 Å². The predicted molar refractivity (Wildman–Crippen MR) is 83.2 cm³/mol. The first-order valence-electron chi connectivity index (χ1n) is 6.92. The van der Waals surface area contributed by atoms with Crippen molar-refractivity contribution in [1.29, 1.82) is 0 Å². The van der Waals surface area contributed by atoms with Gasteiger partial charge >= 0.3 is 0 Å². The van der Waals surface area contributed by atoms with Crippen molar-refractivity contribution in [3.05, 3.63) is 66.9 Å². The molecule has 0 bridgehead atoms. The van der Waals surface area contributed by atoms with Gasteiger partial charge in [0.15, 0.2) is 0 Å². The van der Waals surface area contributed by atoms with E-state index in [-0.39, 0.29) is 0 Å². The zero-order valence-electron chi connectivity index (χ0n) is 11.6. The fourth-order valence-corrected chi connectivity index (χ4v) is 2.09. The summed E-state index contributed by atoms with van der Waals surface area (Å²) < 4.78 is 7.62. The van der Waals surface area contributed by atoms with E-state index in [2.05, 4.69) is 5.10 Å². The fraction of sp³-hybridized carbons (Fsp3) is 0.118. The van der Waals surface area contributed by atoms with Gasteiger partial charge in [0.2, 0.25) is 0 Å². The largest absolute Gasteiger partial charge is 0.457 e. The van der Waals surface area contributed by atoms with Gasteiger partial charge < -0.3 is 10.5 Å². The standard InChI is InChI=1S/C17H17N3O/c18-11-13-20-12-10-17(19-20)14-6-8-16(9-7-14)21-15-4-2-1-3-5-15/h1-10,12H,11,13,18H2. The summed E-state index contributed by atoms with van der Waals surface area (Å²) in [6, 6.07) is 19.6. The number of nitrogens with zero attached hydrogens (tertiary/aromatic N) is 2. The number of hydrogen-bond acceptors (Lipinski definition) is 3. The van der Waals surface area contributed by atoms with Gasteiger partial charge in [-0.15, -0.1) is 0 Å². The van der Waals surface area contributed by atoms with Crippen LogP contribution in [0.15, 0.2) is 66.9 Å². The summed E-state index contributed by atoms with van der Waals surface area (Å²) in [4.78, 5) is 0. The Kier molecular flexibility index (Phi) is 3.98. The smallest absolute Gasteiger partial charge is 0.127 e. The van der Waals surface area contributed by atoms with Crippen molar-refractivity contribution in [2.75, 3.05) is 6.54 Å². The van der Waals surface area contributed by atoms with Gasteiger partial charge in [-0.2, -0.15) is 5.10 Å². The van der Waals surface area contributed by atoms with Gasteiger partial charge in [0.1, 0.15) is 11.5 Å². The molecule has 4 nitrogen and oxygen atoms in total. The van der Waals surface area contributed by atoms with E-state index in [1.54, 1.807) is 0 Å². The van der Waals surface area contributed by atoms with E-state index in [1.807, 2.05) is 71.5 Å². The summed E-state index contributed by atoms with van der Waals surface area (Å²) in [7, 11) is 0. The van der Waals surface area contributed by atoms with Crippen molar-refractivity contribution in [3.8, 4) is 22.8 Å². The van der Waals surface area contributed by atoms with Crippen LogP contribution in [-0.2, 0) is 6.54 Å². The van der Waals surface area contributed by atoms with Gasteiger partial charge in [0.05, 0.1) is 12.2 Å². The summed E-state index contributed by atoms with van der Waals surface area (Å²) in [6.45, 7) is 1.32. The Labute approximate surface area is 123 Å². The summed E-state index contributed by atoms with van der Waals surface area (Å²) in [5.74, 6) is 1.64. The lowest BCUT2D eigenvalue weighted by Gasteiger charge is -2.05. The summed E-state index contributed by atoms with van der Waals surface area (Å²) in [6.07, 6.45) is 1.94. The Bertz CT molecular complexity index is 690. The Morgan fingerprint density at radius 3 is 2.33 bits per heavy atom. The van der Waals surface area contributed by atoms with Crippen LogP contribution in [0.25, 0.3) is 11.3 Å². The van der Waals surface area contributed by atoms with Gasteiger partial charge in [-0.3, -0.25) is 4.68 Å². The lowest BCUT2D eigenvalue weighted by molar-refractivity contribution is 0.483. The van der Waals surface area contributed by atoms with Crippen LogP contribution in [0.4, 0.5) is 0 Å². The first-order valence-corrected chi connectivity index (χ1v) is 6.92. The van der Waals surface area contributed by atoms with Crippen molar-refractivity contribution in [1.82, 2.24) is 9.78 Å². The third-order valence-electron chi connectivity index (χ3n) is 3.13. The van der Waals surface area contributed by atoms with Gasteiger partial charge in [0, 0.05) is 18.3 Å². The number of hydrogen-bond donors (Lipinski definition) is 1. The van der Waals surface area contributed by atoms with Crippen LogP contribution in [0.3, 0.4) is 0 Å². The SMILES string of the molecule is NCCn1ccc(-c2ccc(Oc3ccccc3)cc2)n1. The molecule has 0 spiro atoms. The maximum atomic E-state index is 5.77. The summed E-state index contributed by atoms with van der Waals surface area (Å²) in [5, 5.41) is 4.48. The fourth-order valence-electron chi connectivity index (χ4n) is 2.09. The number of ether oxygens (including phenoxy) is 1. The number of nitrogens with two attached hydrogens (primary N) is 1. The molecule has 0 fully saturated rings. The molecule has 1 heterocycles. The number of aromatic nitrogens is 2. The molecule has 0 aliphatic heterocycles. The topological polar surface area (TPSA) is 53.1 Å². The molecular weight excluding hydrogens is 262 g/mol. The molecule has 3 aromatic rings. The first kappa shape index (κ1) is 13.4. The quantitative estimate of drug-likeness (QED) is 0.779. The average Bonchev–Trinajstić information content (AvgIpc) is 2.98. The van der Waals surface area contributed by atoms with E-state index in [1.165, 1.54) is 0 Å². The number of rotatable bonds is 5. The molecule has 0 atom stereocenters. The normalized spacial score (nSPS) is 10.5. The van der Waals surface area contributed by atoms with Crippen molar-refractivity contribution >= 4 is 0 Å². The second kappa shape index (κ2) is 6.24. The first-order chi connectivity index (χ1) is 10.3. The van der Waals surface area contributed by atoms with E-state index < -0.39 is 0 Å². The molecule has 0 saturated carbocycles. The van der Waals surface area contributed by atoms with E-state index in [4.69, 9.17) is 10.5 Å². The molecular formula is C17H17N3O. The number of benzene rings is 2. The highest BCUT2D eigenvalue weighted by Crippen LogP contribution is 2.24. The highest BCUT2D eigenvalue weighted by atomic mass is 16.5. The van der Waals surface area contributed by atoms with Crippen molar-refractivity contribution in [2.45, 2.75) is 6.54 Å². The average molecular weight is 279 g/mol. The Hall–Kier alpha value is -2.59. The van der Waals surface area contributed by atoms with Crippen LogP contribution in [0, 0.1) is 0 Å². The lowest BCUT2D eigenvalue weighted by atomic mass is 10.1. The van der Waals surface area contributed by atoms with Gasteiger partial charge in [0.25, 0.3) is 0 Å². The molecule has 2 aromatic carbocycles. The van der Waals surface area contributed by atoms with Crippen LogP contribution in [0.1, 0.15) is 0 Å². The van der Waals surface area contributed by atoms with Gasteiger partial charge in [-0.25, -0.2) is 0 Å². The van der Waals surface area contributed by atoms with Crippen molar-refractivity contribution < 1.29 is 4.74 Å². The molecule has 2 N–H and O–H groups in total. The summed E-state index contributed by atoms with van der Waals surface area (Å²) >= 11 is 0. The molecule has 1 aromatic heterocycles. The highest BCUT2D eigenvalue weighted by Gasteiger charge is 2.03. The zero-order valence-corrected chi connectivity index (χ0v) is 11.6.